The van der Waals surface area contributed by atoms with Crippen molar-refractivity contribution in [3.63, 3.8) is 0 Å². The predicted molar refractivity (Wildman–Crippen MR) is 74.9 cm³/mol. The van der Waals surface area contributed by atoms with Gasteiger partial charge in [-0.25, -0.2) is 4.39 Å². The van der Waals surface area contributed by atoms with Gasteiger partial charge in [0.25, 0.3) is 0 Å². The summed E-state index contributed by atoms with van der Waals surface area (Å²) in [4.78, 5) is 2.24. The van der Waals surface area contributed by atoms with Gasteiger partial charge in [0.2, 0.25) is 0 Å². The molecule has 4 heteroatoms. The summed E-state index contributed by atoms with van der Waals surface area (Å²) in [5.74, 6) is 0.624. The zero-order chi connectivity index (χ0) is 14.0. The molecule has 2 rings (SSSR count). The lowest BCUT2D eigenvalue weighted by Crippen LogP contribution is -2.41. The highest BCUT2D eigenvalue weighted by Crippen LogP contribution is 2.29. The van der Waals surface area contributed by atoms with Gasteiger partial charge in [0, 0.05) is 25.1 Å². The number of ether oxygens (including phenoxy) is 1. The maximum atomic E-state index is 13.1. The Morgan fingerprint density at radius 1 is 1.47 bits per heavy atom. The number of hydrogen-bond acceptors (Lipinski definition) is 3. The van der Waals surface area contributed by atoms with Gasteiger partial charge in [0.05, 0.1) is 0 Å². The second-order valence-electron chi connectivity index (χ2n) is 6.26. The molecule has 0 aromatic heterocycles. The first-order valence-electron chi connectivity index (χ1n) is 6.73. The highest BCUT2D eigenvalue weighted by molar-refractivity contribution is 5.37. The molecule has 1 aliphatic heterocycles. The number of fused-ring (bicyclic) bond motifs is 1. The molecule has 1 aromatic carbocycles. The first-order chi connectivity index (χ1) is 8.89. The van der Waals surface area contributed by atoms with Crippen LogP contribution in [0, 0.1) is 11.2 Å². The van der Waals surface area contributed by atoms with Crippen LogP contribution < -0.4 is 10.5 Å². The van der Waals surface area contributed by atoms with E-state index in [4.69, 9.17) is 10.5 Å². The third-order valence-corrected chi connectivity index (χ3v) is 3.53. The fraction of sp³-hybridized carbons (Fsp3) is 0.600. The Hall–Kier alpha value is -1.13. The zero-order valence-electron chi connectivity index (χ0n) is 11.9. The van der Waals surface area contributed by atoms with E-state index in [-0.39, 0.29) is 17.3 Å². The van der Waals surface area contributed by atoms with Crippen LogP contribution in [0.1, 0.15) is 19.4 Å². The van der Waals surface area contributed by atoms with E-state index in [1.165, 1.54) is 6.07 Å². The lowest BCUT2D eigenvalue weighted by atomic mass is 9.93. The summed E-state index contributed by atoms with van der Waals surface area (Å²) in [5.41, 5.74) is 6.82. The topological polar surface area (TPSA) is 38.5 Å². The smallest absolute Gasteiger partial charge is 0.123 e. The van der Waals surface area contributed by atoms with Gasteiger partial charge in [-0.05, 0) is 37.2 Å². The summed E-state index contributed by atoms with van der Waals surface area (Å²) >= 11 is 0. The minimum Gasteiger partial charge on any atom is -0.488 e. The molecule has 0 saturated heterocycles. The average Bonchev–Trinajstić information content (AvgIpc) is 2.69. The third kappa shape index (κ3) is 3.67. The lowest BCUT2D eigenvalue weighted by Gasteiger charge is -2.30. The van der Waals surface area contributed by atoms with Crippen LogP contribution in [0.3, 0.4) is 0 Å². The highest BCUT2D eigenvalue weighted by Gasteiger charge is 2.26. The molecule has 0 spiro atoms. The number of rotatable bonds is 5. The van der Waals surface area contributed by atoms with E-state index < -0.39 is 0 Å². The van der Waals surface area contributed by atoms with Gasteiger partial charge in [-0.2, -0.15) is 0 Å². The number of hydrogen-bond donors (Lipinski definition) is 1. The number of likely N-dealkylation sites (N-methyl/N-ethyl adjacent to an activating group) is 1. The van der Waals surface area contributed by atoms with Crippen LogP contribution in [0.15, 0.2) is 18.2 Å². The Kier molecular flexibility index (Phi) is 4.11. The third-order valence-electron chi connectivity index (χ3n) is 3.53. The molecule has 0 radical (unpaired) electrons. The van der Waals surface area contributed by atoms with Crippen molar-refractivity contribution in [2.45, 2.75) is 26.4 Å². The molecule has 1 atom stereocenters. The fourth-order valence-corrected chi connectivity index (χ4v) is 2.60. The highest BCUT2D eigenvalue weighted by atomic mass is 19.1. The molecule has 0 fully saturated rings. The van der Waals surface area contributed by atoms with Crippen molar-refractivity contribution in [1.82, 2.24) is 4.90 Å². The van der Waals surface area contributed by atoms with Crippen LogP contribution in [0.5, 0.6) is 5.75 Å². The molecular weight excluding hydrogens is 243 g/mol. The predicted octanol–water partition coefficient (Wildman–Crippen LogP) is 2.05. The van der Waals surface area contributed by atoms with Crippen molar-refractivity contribution >= 4 is 0 Å². The fourth-order valence-electron chi connectivity index (χ4n) is 2.60. The van der Waals surface area contributed by atoms with Crippen LogP contribution >= 0.6 is 0 Å². The van der Waals surface area contributed by atoms with Crippen LogP contribution in [0.4, 0.5) is 4.39 Å². The molecule has 106 valence electrons. The van der Waals surface area contributed by atoms with Crippen LogP contribution in [-0.4, -0.2) is 37.7 Å². The number of nitrogens with zero attached hydrogens (tertiary/aromatic N) is 1. The summed E-state index contributed by atoms with van der Waals surface area (Å²) in [6.07, 6.45) is 0.885. The van der Waals surface area contributed by atoms with Crippen molar-refractivity contribution < 1.29 is 9.13 Å². The van der Waals surface area contributed by atoms with Gasteiger partial charge in [-0.1, -0.05) is 13.8 Å². The maximum absolute atomic E-state index is 13.1. The Labute approximate surface area is 114 Å². The summed E-state index contributed by atoms with van der Waals surface area (Å²) in [7, 11) is 2.07. The number of benzene rings is 1. The average molecular weight is 266 g/mol. The monoisotopic (exact) mass is 266 g/mol. The van der Waals surface area contributed by atoms with Gasteiger partial charge in [0.1, 0.15) is 17.7 Å². The molecule has 1 unspecified atom stereocenters. The summed E-state index contributed by atoms with van der Waals surface area (Å²) in [6, 6.07) is 4.73. The quantitative estimate of drug-likeness (QED) is 0.886. The van der Waals surface area contributed by atoms with Crippen LogP contribution in [-0.2, 0) is 6.42 Å². The van der Waals surface area contributed by atoms with E-state index in [0.29, 0.717) is 6.54 Å². The van der Waals surface area contributed by atoms with Gasteiger partial charge in [-0.15, -0.1) is 0 Å². The SMILES string of the molecule is CN(CC1Cc2cc(F)ccc2O1)CC(C)(C)CN. The summed E-state index contributed by atoms with van der Waals surface area (Å²) < 4.78 is 19.0. The van der Waals surface area contributed by atoms with E-state index in [1.807, 2.05) is 0 Å². The van der Waals surface area contributed by atoms with Crippen molar-refractivity contribution in [1.29, 1.82) is 0 Å². The van der Waals surface area contributed by atoms with Crippen molar-refractivity contribution in [3.8, 4) is 5.75 Å². The van der Waals surface area contributed by atoms with E-state index >= 15 is 0 Å². The number of halogens is 1. The molecule has 0 bridgehead atoms. The Balaban J connectivity index is 1.90. The summed E-state index contributed by atoms with van der Waals surface area (Å²) in [5, 5.41) is 0. The molecule has 1 aromatic rings. The Bertz CT molecular complexity index is 448. The second kappa shape index (κ2) is 5.47. The van der Waals surface area contributed by atoms with E-state index in [2.05, 4.69) is 25.8 Å². The first-order valence-corrected chi connectivity index (χ1v) is 6.73. The van der Waals surface area contributed by atoms with Gasteiger partial charge in [0.15, 0.2) is 0 Å². The summed E-state index contributed by atoms with van der Waals surface area (Å²) in [6.45, 7) is 6.73. The Morgan fingerprint density at radius 3 is 2.89 bits per heavy atom. The molecule has 1 aliphatic rings. The number of nitrogens with two attached hydrogens (primary N) is 1. The Morgan fingerprint density at radius 2 is 2.21 bits per heavy atom. The molecule has 2 N–H and O–H groups in total. The molecular formula is C15H23FN2O. The minimum absolute atomic E-state index is 0.103. The lowest BCUT2D eigenvalue weighted by molar-refractivity contribution is 0.138. The van der Waals surface area contributed by atoms with E-state index in [1.54, 1.807) is 12.1 Å². The molecule has 1 heterocycles. The van der Waals surface area contributed by atoms with E-state index in [0.717, 1.165) is 30.8 Å². The van der Waals surface area contributed by atoms with Gasteiger partial charge < -0.3 is 15.4 Å². The van der Waals surface area contributed by atoms with Gasteiger partial charge >= 0.3 is 0 Å². The molecule has 0 saturated carbocycles. The van der Waals surface area contributed by atoms with Crippen molar-refractivity contribution in [2.75, 3.05) is 26.7 Å². The second-order valence-corrected chi connectivity index (χ2v) is 6.26. The maximum Gasteiger partial charge on any atom is 0.123 e. The minimum atomic E-state index is -0.194. The van der Waals surface area contributed by atoms with Gasteiger partial charge in [-0.3, -0.25) is 0 Å². The first kappa shape index (κ1) is 14.3. The molecule has 19 heavy (non-hydrogen) atoms. The zero-order valence-corrected chi connectivity index (χ0v) is 11.9. The van der Waals surface area contributed by atoms with E-state index in [9.17, 15) is 4.39 Å². The van der Waals surface area contributed by atoms with Crippen molar-refractivity contribution in [3.05, 3.63) is 29.6 Å². The molecule has 0 aliphatic carbocycles. The van der Waals surface area contributed by atoms with Crippen molar-refractivity contribution in [2.24, 2.45) is 11.1 Å². The standard InChI is InChI=1S/C15H23FN2O/c1-15(2,9-17)10-18(3)8-13-7-11-6-12(16)4-5-14(11)19-13/h4-6,13H,7-10,17H2,1-3H3. The van der Waals surface area contributed by atoms with Crippen LogP contribution in [0.2, 0.25) is 0 Å². The normalized spacial score (nSPS) is 18.5. The largest absolute Gasteiger partial charge is 0.488 e. The molecule has 3 nitrogen and oxygen atoms in total. The molecule has 0 amide bonds. The van der Waals surface area contributed by atoms with Crippen LogP contribution in [0.25, 0.3) is 0 Å².